The van der Waals surface area contributed by atoms with Crippen molar-refractivity contribution in [3.05, 3.63) is 0 Å². The SMILES string of the molecule is CC(=O)OC(=O)C(O)(CO)C1CC(C)CCC1C(C)C. The van der Waals surface area contributed by atoms with Gasteiger partial charge in [-0.25, -0.2) is 4.79 Å². The number of ether oxygens (including phenoxy) is 1. The molecule has 5 heteroatoms. The molecule has 0 bridgehead atoms. The molecule has 4 atom stereocenters. The van der Waals surface area contributed by atoms with Crippen molar-refractivity contribution in [2.75, 3.05) is 6.61 Å². The van der Waals surface area contributed by atoms with Crippen molar-refractivity contribution in [3.8, 4) is 0 Å². The summed E-state index contributed by atoms with van der Waals surface area (Å²) in [5, 5.41) is 20.2. The molecule has 0 heterocycles. The first kappa shape index (κ1) is 17.1. The fraction of sp³-hybridized carbons (Fsp3) is 0.867. The maximum Gasteiger partial charge on any atom is 0.348 e. The maximum absolute atomic E-state index is 12.0. The lowest BCUT2D eigenvalue weighted by Gasteiger charge is -2.44. The van der Waals surface area contributed by atoms with E-state index in [-0.39, 0.29) is 17.8 Å². The normalized spacial score (nSPS) is 29.9. The van der Waals surface area contributed by atoms with Crippen molar-refractivity contribution in [1.29, 1.82) is 0 Å². The Labute approximate surface area is 120 Å². The Balaban J connectivity index is 3.04. The maximum atomic E-state index is 12.0. The zero-order chi connectivity index (χ0) is 15.5. The van der Waals surface area contributed by atoms with E-state index in [2.05, 4.69) is 11.7 Å². The van der Waals surface area contributed by atoms with E-state index in [1.165, 1.54) is 0 Å². The zero-order valence-electron chi connectivity index (χ0n) is 12.8. The summed E-state index contributed by atoms with van der Waals surface area (Å²) in [4.78, 5) is 23.0. The Morgan fingerprint density at radius 2 is 1.95 bits per heavy atom. The molecule has 4 unspecified atom stereocenters. The van der Waals surface area contributed by atoms with E-state index in [1.54, 1.807) is 0 Å². The van der Waals surface area contributed by atoms with E-state index < -0.39 is 24.1 Å². The van der Waals surface area contributed by atoms with Crippen molar-refractivity contribution in [2.24, 2.45) is 23.7 Å². The fourth-order valence-corrected chi connectivity index (χ4v) is 3.30. The van der Waals surface area contributed by atoms with Gasteiger partial charge in [0.1, 0.15) is 0 Å². The summed E-state index contributed by atoms with van der Waals surface area (Å²) >= 11 is 0. The molecule has 0 aromatic carbocycles. The summed E-state index contributed by atoms with van der Waals surface area (Å²) in [7, 11) is 0. The number of esters is 2. The molecular weight excluding hydrogens is 260 g/mol. The number of rotatable bonds is 4. The Hall–Kier alpha value is -0.940. The predicted molar refractivity (Wildman–Crippen MR) is 73.6 cm³/mol. The van der Waals surface area contributed by atoms with Crippen molar-refractivity contribution in [1.82, 2.24) is 0 Å². The van der Waals surface area contributed by atoms with E-state index in [4.69, 9.17) is 0 Å². The lowest BCUT2D eigenvalue weighted by Crippen LogP contribution is -2.55. The molecule has 116 valence electrons. The third-order valence-electron chi connectivity index (χ3n) is 4.47. The molecule has 5 nitrogen and oxygen atoms in total. The van der Waals surface area contributed by atoms with E-state index >= 15 is 0 Å². The van der Waals surface area contributed by atoms with E-state index in [0.29, 0.717) is 12.3 Å². The van der Waals surface area contributed by atoms with Crippen LogP contribution >= 0.6 is 0 Å². The average molecular weight is 286 g/mol. The topological polar surface area (TPSA) is 83.8 Å². The minimum atomic E-state index is -1.99. The Morgan fingerprint density at radius 3 is 2.40 bits per heavy atom. The van der Waals surface area contributed by atoms with Gasteiger partial charge in [0.15, 0.2) is 5.60 Å². The lowest BCUT2D eigenvalue weighted by atomic mass is 9.64. The number of aliphatic hydroxyl groups excluding tert-OH is 1. The molecule has 1 rings (SSSR count). The van der Waals surface area contributed by atoms with Crippen LogP contribution in [0.15, 0.2) is 0 Å². The highest BCUT2D eigenvalue weighted by atomic mass is 16.6. The molecule has 2 N–H and O–H groups in total. The van der Waals surface area contributed by atoms with Crippen LogP contribution in [-0.2, 0) is 14.3 Å². The van der Waals surface area contributed by atoms with Crippen LogP contribution in [0.1, 0.15) is 47.0 Å². The number of aliphatic hydroxyl groups is 2. The molecule has 0 spiro atoms. The monoisotopic (exact) mass is 286 g/mol. The van der Waals surface area contributed by atoms with Crippen molar-refractivity contribution < 1.29 is 24.5 Å². The third kappa shape index (κ3) is 3.58. The third-order valence-corrected chi connectivity index (χ3v) is 4.47. The first-order chi connectivity index (χ1) is 9.22. The average Bonchev–Trinajstić information content (AvgIpc) is 2.36. The highest BCUT2D eigenvalue weighted by molar-refractivity contribution is 5.89. The van der Waals surface area contributed by atoms with E-state index in [0.717, 1.165) is 19.8 Å². The lowest BCUT2D eigenvalue weighted by molar-refractivity contribution is -0.188. The molecule has 20 heavy (non-hydrogen) atoms. The van der Waals surface area contributed by atoms with Gasteiger partial charge in [-0.1, -0.05) is 27.2 Å². The highest BCUT2D eigenvalue weighted by Gasteiger charge is 2.51. The van der Waals surface area contributed by atoms with Crippen LogP contribution in [0, 0.1) is 23.7 Å². The standard InChI is InChI=1S/C15H26O5/c1-9(2)12-6-5-10(3)7-13(12)15(19,8-16)14(18)20-11(4)17/h9-10,12-13,16,19H,5-8H2,1-4H3. The molecule has 1 aliphatic carbocycles. The van der Waals surface area contributed by atoms with Crippen LogP contribution < -0.4 is 0 Å². The second-order valence-electron chi connectivity index (χ2n) is 6.40. The Morgan fingerprint density at radius 1 is 1.35 bits per heavy atom. The number of carbonyl (C=O) groups excluding carboxylic acids is 2. The summed E-state index contributed by atoms with van der Waals surface area (Å²) in [5.74, 6) is -1.40. The van der Waals surface area contributed by atoms with E-state index in [9.17, 15) is 19.8 Å². The van der Waals surface area contributed by atoms with Gasteiger partial charge < -0.3 is 14.9 Å². The molecule has 0 amide bonds. The number of hydrogen-bond acceptors (Lipinski definition) is 5. The summed E-state index contributed by atoms with van der Waals surface area (Å²) in [6.07, 6.45) is 2.59. The van der Waals surface area contributed by atoms with Gasteiger partial charge in [0, 0.05) is 12.8 Å². The largest absolute Gasteiger partial charge is 0.393 e. The van der Waals surface area contributed by atoms with Gasteiger partial charge >= 0.3 is 11.9 Å². The summed E-state index contributed by atoms with van der Waals surface area (Å²) in [5.41, 5.74) is -1.99. The van der Waals surface area contributed by atoms with Crippen LogP contribution in [0.25, 0.3) is 0 Å². The molecule has 1 saturated carbocycles. The first-order valence-electron chi connectivity index (χ1n) is 7.28. The van der Waals surface area contributed by atoms with Gasteiger partial charge in [0.2, 0.25) is 0 Å². The number of hydrogen-bond donors (Lipinski definition) is 2. The van der Waals surface area contributed by atoms with Crippen molar-refractivity contribution in [2.45, 2.75) is 52.6 Å². The second kappa shape index (κ2) is 6.68. The molecule has 0 radical (unpaired) electrons. The van der Waals surface area contributed by atoms with Gasteiger partial charge in [-0.3, -0.25) is 4.79 Å². The van der Waals surface area contributed by atoms with Gasteiger partial charge in [-0.05, 0) is 30.6 Å². The van der Waals surface area contributed by atoms with Crippen LogP contribution in [0.5, 0.6) is 0 Å². The van der Waals surface area contributed by atoms with Crippen LogP contribution in [0.3, 0.4) is 0 Å². The minimum absolute atomic E-state index is 0.128. The van der Waals surface area contributed by atoms with Gasteiger partial charge in [0.05, 0.1) is 6.61 Å². The van der Waals surface area contributed by atoms with Crippen LogP contribution in [0.2, 0.25) is 0 Å². The van der Waals surface area contributed by atoms with Gasteiger partial charge in [-0.2, -0.15) is 0 Å². The number of carbonyl (C=O) groups is 2. The van der Waals surface area contributed by atoms with Crippen LogP contribution in [-0.4, -0.2) is 34.4 Å². The predicted octanol–water partition coefficient (Wildman–Crippen LogP) is 1.51. The summed E-state index contributed by atoms with van der Waals surface area (Å²) < 4.78 is 4.53. The second-order valence-corrected chi connectivity index (χ2v) is 6.40. The first-order valence-corrected chi connectivity index (χ1v) is 7.28. The molecule has 0 aromatic rings. The molecule has 0 saturated heterocycles. The molecule has 1 fully saturated rings. The Kier molecular flexibility index (Phi) is 5.71. The van der Waals surface area contributed by atoms with E-state index in [1.807, 2.05) is 13.8 Å². The van der Waals surface area contributed by atoms with Gasteiger partial charge in [0.25, 0.3) is 0 Å². The zero-order valence-corrected chi connectivity index (χ0v) is 12.8. The van der Waals surface area contributed by atoms with Crippen LogP contribution in [0.4, 0.5) is 0 Å². The molecular formula is C15H26O5. The Bertz CT molecular complexity index is 365. The van der Waals surface area contributed by atoms with Gasteiger partial charge in [-0.15, -0.1) is 0 Å². The summed E-state index contributed by atoms with van der Waals surface area (Å²) in [6, 6.07) is 0. The van der Waals surface area contributed by atoms with Crippen molar-refractivity contribution in [3.63, 3.8) is 0 Å². The molecule has 1 aliphatic rings. The fourth-order valence-electron chi connectivity index (χ4n) is 3.30. The summed E-state index contributed by atoms with van der Waals surface area (Å²) in [6.45, 7) is 6.54. The van der Waals surface area contributed by atoms with Crippen molar-refractivity contribution >= 4 is 11.9 Å². The minimum Gasteiger partial charge on any atom is -0.393 e. The highest BCUT2D eigenvalue weighted by Crippen LogP contribution is 2.43. The quantitative estimate of drug-likeness (QED) is 0.604. The smallest absolute Gasteiger partial charge is 0.348 e. The molecule has 0 aliphatic heterocycles. The molecule has 0 aromatic heterocycles.